The number of amides is 2. The number of carbonyl (C=O) groups is 2. The van der Waals surface area contributed by atoms with Crippen LogP contribution in [0.15, 0.2) is 59.2 Å². The van der Waals surface area contributed by atoms with Crippen LogP contribution in [-0.2, 0) is 11.3 Å². The third kappa shape index (κ3) is 5.31. The Morgan fingerprint density at radius 3 is 2.73 bits per heavy atom. The molecule has 0 spiro atoms. The SMILES string of the molecule is COc1cc(-c2nccc(-c3cc4n(n3)CCNC4=O)n2)cc(Br)c1OCC(=O)Nc1ccc(C)cc1. The van der Waals surface area contributed by atoms with Crippen LogP contribution in [-0.4, -0.2) is 51.8 Å². The largest absolute Gasteiger partial charge is 0.493 e. The Bertz CT molecular complexity index is 1490. The van der Waals surface area contributed by atoms with Crippen LogP contribution < -0.4 is 20.1 Å². The summed E-state index contributed by atoms with van der Waals surface area (Å²) in [7, 11) is 1.52. The second kappa shape index (κ2) is 10.4. The van der Waals surface area contributed by atoms with Gasteiger partial charge in [0.05, 0.1) is 23.8 Å². The topological polar surface area (TPSA) is 120 Å². The summed E-state index contributed by atoms with van der Waals surface area (Å²) in [6.45, 7) is 2.92. The first-order valence-electron chi connectivity index (χ1n) is 11.5. The molecule has 11 heteroatoms. The van der Waals surface area contributed by atoms with Crippen LogP contribution in [0.1, 0.15) is 16.1 Å². The normalized spacial score (nSPS) is 12.5. The third-order valence-electron chi connectivity index (χ3n) is 5.71. The number of hydrogen-bond acceptors (Lipinski definition) is 7. The van der Waals surface area contributed by atoms with E-state index in [0.29, 0.717) is 63.2 Å². The van der Waals surface area contributed by atoms with Crippen molar-refractivity contribution in [3.05, 3.63) is 70.5 Å². The lowest BCUT2D eigenvalue weighted by Crippen LogP contribution is -2.35. The summed E-state index contributed by atoms with van der Waals surface area (Å²) in [6, 6.07) is 14.5. The molecule has 188 valence electrons. The number of ether oxygens (including phenoxy) is 2. The smallest absolute Gasteiger partial charge is 0.269 e. The number of halogens is 1. The van der Waals surface area contributed by atoms with E-state index in [-0.39, 0.29) is 18.4 Å². The Labute approximate surface area is 221 Å². The maximum atomic E-state index is 12.4. The molecule has 0 bridgehead atoms. The quantitative estimate of drug-likeness (QED) is 0.351. The van der Waals surface area contributed by atoms with Crippen molar-refractivity contribution in [3.63, 3.8) is 0 Å². The first-order valence-corrected chi connectivity index (χ1v) is 12.3. The number of fused-ring (bicyclic) bond motifs is 1. The fourth-order valence-corrected chi connectivity index (χ4v) is 4.42. The number of nitrogens with one attached hydrogen (secondary N) is 2. The molecule has 2 aromatic carbocycles. The van der Waals surface area contributed by atoms with Crippen molar-refractivity contribution >= 4 is 33.4 Å². The summed E-state index contributed by atoms with van der Waals surface area (Å²) < 4.78 is 13.6. The van der Waals surface area contributed by atoms with Crippen molar-refractivity contribution in [2.75, 3.05) is 25.6 Å². The van der Waals surface area contributed by atoms with Crippen molar-refractivity contribution in [2.24, 2.45) is 0 Å². The molecule has 0 fully saturated rings. The average molecular weight is 563 g/mol. The number of hydrogen-bond donors (Lipinski definition) is 2. The Morgan fingerprint density at radius 2 is 1.97 bits per heavy atom. The number of anilines is 1. The van der Waals surface area contributed by atoms with Gasteiger partial charge in [-0.15, -0.1) is 0 Å². The van der Waals surface area contributed by atoms with Gasteiger partial charge in [0.15, 0.2) is 23.9 Å². The monoisotopic (exact) mass is 562 g/mol. The fourth-order valence-electron chi connectivity index (χ4n) is 3.86. The molecule has 0 radical (unpaired) electrons. The van der Waals surface area contributed by atoms with Crippen LogP contribution in [0.3, 0.4) is 0 Å². The van der Waals surface area contributed by atoms with Gasteiger partial charge in [-0.1, -0.05) is 17.7 Å². The zero-order chi connectivity index (χ0) is 25.9. The Morgan fingerprint density at radius 1 is 1.16 bits per heavy atom. The lowest BCUT2D eigenvalue weighted by molar-refractivity contribution is -0.118. The lowest BCUT2D eigenvalue weighted by atomic mass is 10.1. The van der Waals surface area contributed by atoms with E-state index in [9.17, 15) is 9.59 Å². The van der Waals surface area contributed by atoms with Crippen LogP contribution >= 0.6 is 15.9 Å². The number of nitrogens with zero attached hydrogens (tertiary/aromatic N) is 4. The fraction of sp³-hybridized carbons (Fsp3) is 0.192. The number of methoxy groups -OCH3 is 1. The highest BCUT2D eigenvalue weighted by Gasteiger charge is 2.21. The van der Waals surface area contributed by atoms with Crippen LogP contribution in [0.5, 0.6) is 11.5 Å². The molecule has 2 aromatic heterocycles. The summed E-state index contributed by atoms with van der Waals surface area (Å²) in [6.07, 6.45) is 1.64. The first kappa shape index (κ1) is 24.4. The summed E-state index contributed by atoms with van der Waals surface area (Å²) >= 11 is 3.52. The molecule has 1 aliphatic heterocycles. The molecule has 10 nitrogen and oxygen atoms in total. The van der Waals surface area contributed by atoms with Gasteiger partial charge in [0.2, 0.25) is 0 Å². The minimum Gasteiger partial charge on any atom is -0.493 e. The maximum Gasteiger partial charge on any atom is 0.269 e. The molecule has 0 atom stereocenters. The summed E-state index contributed by atoms with van der Waals surface area (Å²) in [5.41, 5.74) is 4.14. The Balaban J connectivity index is 1.35. The van der Waals surface area contributed by atoms with Crippen molar-refractivity contribution in [2.45, 2.75) is 13.5 Å². The molecule has 0 saturated carbocycles. The number of aryl methyl sites for hydroxylation is 1. The predicted molar refractivity (Wildman–Crippen MR) is 141 cm³/mol. The molecule has 3 heterocycles. The van der Waals surface area contributed by atoms with Crippen molar-refractivity contribution in [3.8, 4) is 34.3 Å². The van der Waals surface area contributed by atoms with Crippen molar-refractivity contribution in [1.29, 1.82) is 0 Å². The minimum atomic E-state index is -0.297. The molecule has 2 N–H and O–H groups in total. The van der Waals surface area contributed by atoms with E-state index in [0.717, 1.165) is 5.56 Å². The molecular formula is C26H23BrN6O4. The first-order chi connectivity index (χ1) is 17.9. The molecule has 0 aliphatic carbocycles. The van der Waals surface area contributed by atoms with E-state index in [1.54, 1.807) is 35.1 Å². The highest BCUT2D eigenvalue weighted by Crippen LogP contribution is 2.39. The van der Waals surface area contributed by atoms with E-state index in [1.807, 2.05) is 31.2 Å². The van der Waals surface area contributed by atoms with Crippen molar-refractivity contribution in [1.82, 2.24) is 25.1 Å². The van der Waals surface area contributed by atoms with Crippen LogP contribution in [0.4, 0.5) is 5.69 Å². The molecule has 5 rings (SSSR count). The summed E-state index contributed by atoms with van der Waals surface area (Å²) in [4.78, 5) is 33.5. The molecule has 1 aliphatic rings. The summed E-state index contributed by atoms with van der Waals surface area (Å²) in [5.74, 6) is 0.783. The van der Waals surface area contributed by atoms with Gasteiger partial charge in [-0.05, 0) is 59.3 Å². The molecule has 2 amide bonds. The van der Waals surface area contributed by atoms with Gasteiger partial charge in [0, 0.05) is 24.0 Å². The second-order valence-corrected chi connectivity index (χ2v) is 9.21. The van der Waals surface area contributed by atoms with Gasteiger partial charge in [0.1, 0.15) is 11.4 Å². The van der Waals surface area contributed by atoms with Crippen LogP contribution in [0, 0.1) is 6.92 Å². The van der Waals surface area contributed by atoms with Gasteiger partial charge in [0.25, 0.3) is 11.8 Å². The third-order valence-corrected chi connectivity index (χ3v) is 6.30. The Hall–Kier alpha value is -4.25. The standard InChI is InChI=1S/C26H23BrN6O4/c1-15-3-5-17(6-4-15)30-23(34)14-37-24-18(27)11-16(12-22(24)36-2)25-28-8-7-19(31-25)20-13-21-26(35)29-9-10-33(21)32-20/h3-8,11-13H,9-10,14H2,1-2H3,(H,29,35)(H,30,34). The summed E-state index contributed by atoms with van der Waals surface area (Å²) in [5, 5.41) is 10.1. The maximum absolute atomic E-state index is 12.4. The van der Waals surface area contributed by atoms with Crippen LogP contribution in [0.2, 0.25) is 0 Å². The van der Waals surface area contributed by atoms with Crippen LogP contribution in [0.25, 0.3) is 22.8 Å². The number of aromatic nitrogens is 4. The highest BCUT2D eigenvalue weighted by molar-refractivity contribution is 9.10. The lowest BCUT2D eigenvalue weighted by Gasteiger charge is -2.14. The van der Waals surface area contributed by atoms with E-state index in [2.05, 4.69) is 41.6 Å². The molecular weight excluding hydrogens is 540 g/mol. The van der Waals surface area contributed by atoms with E-state index in [1.165, 1.54) is 7.11 Å². The van der Waals surface area contributed by atoms with E-state index in [4.69, 9.17) is 9.47 Å². The van der Waals surface area contributed by atoms with Gasteiger partial charge < -0.3 is 20.1 Å². The molecule has 0 unspecified atom stereocenters. The minimum absolute atomic E-state index is 0.156. The average Bonchev–Trinajstić information content (AvgIpc) is 3.35. The molecule has 4 aromatic rings. The molecule has 0 saturated heterocycles. The van der Waals surface area contributed by atoms with Gasteiger partial charge in [-0.3, -0.25) is 14.3 Å². The van der Waals surface area contributed by atoms with Gasteiger partial charge in [-0.25, -0.2) is 9.97 Å². The highest BCUT2D eigenvalue weighted by atomic mass is 79.9. The van der Waals surface area contributed by atoms with E-state index < -0.39 is 0 Å². The number of carbonyl (C=O) groups excluding carboxylic acids is 2. The predicted octanol–water partition coefficient (Wildman–Crippen LogP) is 3.85. The van der Waals surface area contributed by atoms with Gasteiger partial charge in [-0.2, -0.15) is 5.10 Å². The van der Waals surface area contributed by atoms with E-state index >= 15 is 0 Å². The zero-order valence-corrected chi connectivity index (χ0v) is 21.7. The second-order valence-electron chi connectivity index (χ2n) is 8.35. The zero-order valence-electron chi connectivity index (χ0n) is 20.1. The van der Waals surface area contributed by atoms with Crippen molar-refractivity contribution < 1.29 is 19.1 Å². The van der Waals surface area contributed by atoms with Gasteiger partial charge >= 0.3 is 0 Å². The Kier molecular flexibility index (Phi) is 6.87. The molecule has 37 heavy (non-hydrogen) atoms. The number of benzene rings is 2. The number of rotatable bonds is 7.